The Kier molecular flexibility index (Phi) is 4.43. The zero-order valence-corrected chi connectivity index (χ0v) is 11.5. The molecule has 3 N–H and O–H groups in total. The first-order chi connectivity index (χ1) is 9.31. The molecule has 112 valence electrons. The van der Waals surface area contributed by atoms with E-state index < -0.39 is 41.3 Å². The van der Waals surface area contributed by atoms with Crippen molar-refractivity contribution in [3.8, 4) is 0 Å². The van der Waals surface area contributed by atoms with E-state index in [1.807, 2.05) is 6.92 Å². The molecule has 1 aliphatic rings. The maximum atomic E-state index is 11.9. The summed E-state index contributed by atoms with van der Waals surface area (Å²) in [4.78, 5) is -0.0170. The van der Waals surface area contributed by atoms with Crippen molar-refractivity contribution in [1.82, 2.24) is 0 Å². The van der Waals surface area contributed by atoms with Crippen LogP contribution in [0.4, 0.5) is 0 Å². The molecule has 0 spiro atoms. The highest BCUT2D eigenvalue weighted by Crippen LogP contribution is 2.21. The van der Waals surface area contributed by atoms with E-state index >= 15 is 0 Å². The second kappa shape index (κ2) is 5.76. The summed E-state index contributed by atoms with van der Waals surface area (Å²) in [5.41, 5.74) is 0.907. The van der Waals surface area contributed by atoms with Gasteiger partial charge in [-0.2, -0.15) is 8.42 Å². The number of hydrogen-bond donors (Lipinski definition) is 3. The van der Waals surface area contributed by atoms with Crippen molar-refractivity contribution in [3.05, 3.63) is 29.8 Å². The van der Waals surface area contributed by atoms with Crippen LogP contribution in [-0.4, -0.2) is 54.9 Å². The number of hydrogen-bond acceptors (Lipinski definition) is 7. The molecule has 0 aromatic heterocycles. The van der Waals surface area contributed by atoms with Crippen LogP contribution >= 0.6 is 0 Å². The molecule has 1 aliphatic heterocycles. The molecule has 0 bridgehead atoms. The maximum Gasteiger partial charge on any atom is 0.297 e. The second-order valence-corrected chi connectivity index (χ2v) is 6.21. The van der Waals surface area contributed by atoms with E-state index in [1.54, 1.807) is 12.1 Å². The Bertz CT molecular complexity index is 554. The smallest absolute Gasteiger partial charge is 0.297 e. The molecular weight excluding hydrogens is 288 g/mol. The zero-order chi connectivity index (χ0) is 14.9. The highest BCUT2D eigenvalue weighted by atomic mass is 32.2. The monoisotopic (exact) mass is 304 g/mol. The summed E-state index contributed by atoms with van der Waals surface area (Å²) in [6.45, 7) is 1.33. The molecule has 0 amide bonds. The minimum atomic E-state index is -3.98. The first-order valence-electron chi connectivity index (χ1n) is 5.97. The Labute approximate surface area is 116 Å². The fourth-order valence-corrected chi connectivity index (χ4v) is 2.71. The van der Waals surface area contributed by atoms with Crippen molar-refractivity contribution in [2.75, 3.05) is 6.61 Å². The molecular formula is C12H16O7S. The van der Waals surface area contributed by atoms with Gasteiger partial charge < -0.3 is 20.1 Å². The van der Waals surface area contributed by atoms with E-state index in [9.17, 15) is 23.7 Å². The van der Waals surface area contributed by atoms with Gasteiger partial charge in [0.05, 0.1) is 11.5 Å². The van der Waals surface area contributed by atoms with Gasteiger partial charge in [0.15, 0.2) is 6.29 Å². The van der Waals surface area contributed by atoms with E-state index in [4.69, 9.17) is 8.92 Å². The normalized spacial score (nSPS) is 30.6. The molecule has 4 atom stereocenters. The van der Waals surface area contributed by atoms with Gasteiger partial charge in [0.1, 0.15) is 18.3 Å². The summed E-state index contributed by atoms with van der Waals surface area (Å²) in [7, 11) is -3.98. The standard InChI is InChI=1S/C12H16O7S/c1-7-2-4-8(5-3-7)20(16,17)18-6-9-10(13)11(14)12(15)19-9/h2-5,9-15H,6H2,1H3. The van der Waals surface area contributed by atoms with E-state index in [0.717, 1.165) is 5.56 Å². The average molecular weight is 304 g/mol. The molecule has 2 rings (SSSR count). The number of rotatable bonds is 4. The minimum absolute atomic E-state index is 0.0170. The van der Waals surface area contributed by atoms with Crippen LogP contribution in [0.2, 0.25) is 0 Å². The van der Waals surface area contributed by atoms with Crippen LogP contribution < -0.4 is 0 Å². The van der Waals surface area contributed by atoms with Gasteiger partial charge in [-0.15, -0.1) is 0 Å². The largest absolute Gasteiger partial charge is 0.387 e. The number of benzene rings is 1. The van der Waals surface area contributed by atoms with Gasteiger partial charge in [0, 0.05) is 0 Å². The van der Waals surface area contributed by atoms with E-state index in [1.165, 1.54) is 12.1 Å². The molecule has 0 radical (unpaired) electrons. The van der Waals surface area contributed by atoms with Crippen LogP contribution in [0.1, 0.15) is 5.56 Å². The third kappa shape index (κ3) is 3.17. The lowest BCUT2D eigenvalue weighted by Crippen LogP contribution is -2.34. The van der Waals surface area contributed by atoms with Crippen molar-refractivity contribution >= 4 is 10.1 Å². The maximum absolute atomic E-state index is 11.9. The fourth-order valence-electron chi connectivity index (χ4n) is 1.80. The molecule has 7 nitrogen and oxygen atoms in total. The van der Waals surface area contributed by atoms with Gasteiger partial charge in [-0.05, 0) is 19.1 Å². The Hall–Kier alpha value is -1.03. The number of aliphatic hydroxyl groups is 3. The number of aliphatic hydroxyl groups excluding tert-OH is 3. The quantitative estimate of drug-likeness (QED) is 0.620. The molecule has 8 heteroatoms. The summed E-state index contributed by atoms with van der Waals surface area (Å²) in [6, 6.07) is 6.07. The van der Waals surface area contributed by atoms with Gasteiger partial charge in [-0.1, -0.05) is 17.7 Å². The van der Waals surface area contributed by atoms with E-state index in [-0.39, 0.29) is 4.90 Å². The van der Waals surface area contributed by atoms with E-state index in [2.05, 4.69) is 0 Å². The summed E-state index contributed by atoms with van der Waals surface area (Å²) in [5, 5.41) is 28.0. The summed E-state index contributed by atoms with van der Waals surface area (Å²) >= 11 is 0. The van der Waals surface area contributed by atoms with Gasteiger partial charge in [0.25, 0.3) is 10.1 Å². The van der Waals surface area contributed by atoms with Gasteiger partial charge in [-0.25, -0.2) is 0 Å². The van der Waals surface area contributed by atoms with E-state index in [0.29, 0.717) is 0 Å². The van der Waals surface area contributed by atoms with Crippen LogP contribution in [0.3, 0.4) is 0 Å². The third-order valence-electron chi connectivity index (χ3n) is 3.03. The lowest BCUT2D eigenvalue weighted by molar-refractivity contribution is -0.131. The Morgan fingerprint density at radius 1 is 1.15 bits per heavy atom. The predicted octanol–water partition coefficient (Wildman–Crippen LogP) is -0.861. The third-order valence-corrected chi connectivity index (χ3v) is 4.33. The predicted molar refractivity (Wildman–Crippen MR) is 67.2 cm³/mol. The lowest BCUT2D eigenvalue weighted by Gasteiger charge is -2.14. The van der Waals surface area contributed by atoms with Crippen molar-refractivity contribution in [2.45, 2.75) is 36.4 Å². The van der Waals surface area contributed by atoms with Gasteiger partial charge >= 0.3 is 0 Å². The molecule has 1 aromatic rings. The molecule has 1 aromatic carbocycles. The van der Waals surface area contributed by atoms with Gasteiger partial charge in [0.2, 0.25) is 0 Å². The molecule has 20 heavy (non-hydrogen) atoms. The lowest BCUT2D eigenvalue weighted by atomic mass is 10.1. The van der Waals surface area contributed by atoms with Crippen LogP contribution in [0, 0.1) is 6.92 Å². The van der Waals surface area contributed by atoms with Crippen molar-refractivity contribution in [3.63, 3.8) is 0 Å². The van der Waals surface area contributed by atoms with Crippen molar-refractivity contribution in [1.29, 1.82) is 0 Å². The highest BCUT2D eigenvalue weighted by Gasteiger charge is 2.42. The topological polar surface area (TPSA) is 113 Å². The van der Waals surface area contributed by atoms with Crippen molar-refractivity contribution in [2.24, 2.45) is 0 Å². The van der Waals surface area contributed by atoms with Crippen LogP contribution in [-0.2, 0) is 19.0 Å². The van der Waals surface area contributed by atoms with Crippen LogP contribution in [0.25, 0.3) is 0 Å². The molecule has 0 saturated carbocycles. The molecule has 1 heterocycles. The zero-order valence-electron chi connectivity index (χ0n) is 10.7. The first-order valence-corrected chi connectivity index (χ1v) is 7.38. The van der Waals surface area contributed by atoms with Crippen LogP contribution in [0.15, 0.2) is 29.2 Å². The number of ether oxygens (including phenoxy) is 1. The highest BCUT2D eigenvalue weighted by molar-refractivity contribution is 7.86. The minimum Gasteiger partial charge on any atom is -0.387 e. The summed E-state index contributed by atoms with van der Waals surface area (Å²) < 4.78 is 33.3. The average Bonchev–Trinajstić information content (AvgIpc) is 2.64. The first kappa shape index (κ1) is 15.4. The Balaban J connectivity index is 2.01. The van der Waals surface area contributed by atoms with Crippen LogP contribution in [0.5, 0.6) is 0 Å². The second-order valence-electron chi connectivity index (χ2n) is 4.60. The molecule has 1 saturated heterocycles. The van der Waals surface area contributed by atoms with Crippen molar-refractivity contribution < 1.29 is 32.7 Å². The molecule has 1 fully saturated rings. The molecule has 4 unspecified atom stereocenters. The summed E-state index contributed by atoms with van der Waals surface area (Å²) in [5.74, 6) is 0. The fraction of sp³-hybridized carbons (Fsp3) is 0.500. The number of aryl methyl sites for hydroxylation is 1. The van der Waals surface area contributed by atoms with Gasteiger partial charge in [-0.3, -0.25) is 4.18 Å². The molecule has 0 aliphatic carbocycles. The SMILES string of the molecule is Cc1ccc(S(=O)(=O)OCC2OC(O)C(O)C2O)cc1. The Morgan fingerprint density at radius 3 is 2.25 bits per heavy atom. The summed E-state index contributed by atoms with van der Waals surface area (Å²) in [6.07, 6.45) is -5.55. The Morgan fingerprint density at radius 2 is 1.75 bits per heavy atom.